The number of aliphatic hydroxyl groups excluding tert-OH is 1. The fraction of sp³-hybridized carbons (Fsp3) is 0.286. The molecule has 0 saturated carbocycles. The van der Waals surface area contributed by atoms with Gasteiger partial charge in [0.05, 0.1) is 6.61 Å². The van der Waals surface area contributed by atoms with Gasteiger partial charge < -0.3 is 9.67 Å². The van der Waals surface area contributed by atoms with Gasteiger partial charge in [0.2, 0.25) is 0 Å². The maximum Gasteiger partial charge on any atom is 0.120 e. The molecule has 1 aromatic rings. The summed E-state index contributed by atoms with van der Waals surface area (Å²) < 4.78 is 1.67. The van der Waals surface area contributed by atoms with Gasteiger partial charge in [0.15, 0.2) is 0 Å². The van der Waals surface area contributed by atoms with E-state index in [1.165, 1.54) is 0 Å². The number of hydrogen-bond donors (Lipinski definition) is 1. The largest absolute Gasteiger partial charge is 0.390 e. The highest BCUT2D eigenvalue weighted by Crippen LogP contribution is 2.04. The quantitative estimate of drug-likeness (QED) is 0.607. The Labute approximate surface area is 59.1 Å². The minimum absolute atomic E-state index is 0.0157. The Morgan fingerprint density at radius 1 is 1.70 bits per heavy atom. The first-order valence-electron chi connectivity index (χ1n) is 2.95. The molecule has 0 spiro atoms. The van der Waals surface area contributed by atoms with Crippen molar-refractivity contribution in [3.8, 4) is 6.07 Å². The molecule has 0 aliphatic carbocycles. The Bertz CT molecular complexity index is 270. The van der Waals surface area contributed by atoms with Gasteiger partial charge in [-0.05, 0) is 12.1 Å². The second kappa shape index (κ2) is 2.54. The van der Waals surface area contributed by atoms with Crippen molar-refractivity contribution in [1.82, 2.24) is 4.57 Å². The summed E-state index contributed by atoms with van der Waals surface area (Å²) in [5.74, 6) is 0. The second-order valence-electron chi connectivity index (χ2n) is 2.04. The van der Waals surface area contributed by atoms with Crippen LogP contribution in [0.2, 0.25) is 0 Å². The van der Waals surface area contributed by atoms with Crippen LogP contribution in [0.5, 0.6) is 0 Å². The third-order valence-electron chi connectivity index (χ3n) is 1.50. The average Bonchev–Trinajstić information content (AvgIpc) is 2.30. The van der Waals surface area contributed by atoms with E-state index in [2.05, 4.69) is 0 Å². The first-order chi connectivity index (χ1) is 4.79. The van der Waals surface area contributed by atoms with E-state index in [1.54, 1.807) is 23.7 Å². The van der Waals surface area contributed by atoms with Crippen LogP contribution >= 0.6 is 0 Å². The molecule has 52 valence electrons. The van der Waals surface area contributed by atoms with Gasteiger partial charge in [-0.15, -0.1) is 0 Å². The zero-order valence-electron chi connectivity index (χ0n) is 5.70. The van der Waals surface area contributed by atoms with Crippen LogP contribution in [0.1, 0.15) is 11.4 Å². The highest BCUT2D eigenvalue weighted by Gasteiger charge is 2.00. The smallest absolute Gasteiger partial charge is 0.120 e. The summed E-state index contributed by atoms with van der Waals surface area (Å²) in [6.45, 7) is -0.0157. The number of rotatable bonds is 1. The zero-order valence-corrected chi connectivity index (χ0v) is 5.70. The molecule has 1 N–H and O–H groups in total. The first-order valence-corrected chi connectivity index (χ1v) is 2.95. The molecule has 1 rings (SSSR count). The molecular formula is C7H8N2O. The van der Waals surface area contributed by atoms with Crippen molar-refractivity contribution in [2.75, 3.05) is 0 Å². The Morgan fingerprint density at radius 2 is 2.40 bits per heavy atom. The number of hydrogen-bond acceptors (Lipinski definition) is 2. The standard InChI is InChI=1S/C7H8N2O/c1-9-6(4-8)2-3-7(9)5-10/h2-3,10H,5H2,1H3. The zero-order chi connectivity index (χ0) is 7.56. The Morgan fingerprint density at radius 3 is 2.70 bits per heavy atom. The van der Waals surface area contributed by atoms with Gasteiger partial charge >= 0.3 is 0 Å². The van der Waals surface area contributed by atoms with E-state index < -0.39 is 0 Å². The normalized spacial score (nSPS) is 9.30. The fourth-order valence-electron chi connectivity index (χ4n) is 0.824. The van der Waals surface area contributed by atoms with Crippen LogP contribution in [-0.4, -0.2) is 9.67 Å². The molecule has 0 bridgehead atoms. The Kier molecular flexibility index (Phi) is 1.74. The SMILES string of the molecule is Cn1c(C#N)ccc1CO. The lowest BCUT2D eigenvalue weighted by Crippen LogP contribution is -1.97. The predicted molar refractivity (Wildman–Crippen MR) is 36.1 cm³/mol. The number of aliphatic hydroxyl groups is 1. The molecule has 0 saturated heterocycles. The molecule has 1 aromatic heterocycles. The minimum atomic E-state index is -0.0157. The van der Waals surface area contributed by atoms with Gasteiger partial charge in [-0.2, -0.15) is 5.26 Å². The van der Waals surface area contributed by atoms with Crippen molar-refractivity contribution in [3.05, 3.63) is 23.5 Å². The first kappa shape index (κ1) is 6.84. The molecular weight excluding hydrogens is 128 g/mol. The van der Waals surface area contributed by atoms with E-state index in [4.69, 9.17) is 10.4 Å². The van der Waals surface area contributed by atoms with Gasteiger partial charge in [-0.1, -0.05) is 0 Å². The van der Waals surface area contributed by atoms with Crippen molar-refractivity contribution in [1.29, 1.82) is 5.26 Å². The van der Waals surface area contributed by atoms with E-state index in [1.807, 2.05) is 6.07 Å². The van der Waals surface area contributed by atoms with E-state index in [0.717, 1.165) is 5.69 Å². The predicted octanol–water partition coefficient (Wildman–Crippen LogP) is 0.389. The lowest BCUT2D eigenvalue weighted by atomic mass is 10.4. The van der Waals surface area contributed by atoms with Gasteiger partial charge in [0.1, 0.15) is 11.8 Å². The highest BCUT2D eigenvalue weighted by molar-refractivity contribution is 5.26. The summed E-state index contributed by atoms with van der Waals surface area (Å²) in [6, 6.07) is 5.42. The molecule has 3 heteroatoms. The third-order valence-corrected chi connectivity index (χ3v) is 1.50. The lowest BCUT2D eigenvalue weighted by molar-refractivity contribution is 0.272. The van der Waals surface area contributed by atoms with Crippen molar-refractivity contribution in [3.63, 3.8) is 0 Å². The summed E-state index contributed by atoms with van der Waals surface area (Å²) >= 11 is 0. The number of aromatic nitrogens is 1. The van der Waals surface area contributed by atoms with Crippen LogP contribution in [-0.2, 0) is 13.7 Å². The fourth-order valence-corrected chi connectivity index (χ4v) is 0.824. The summed E-state index contributed by atoms with van der Waals surface area (Å²) in [4.78, 5) is 0. The maximum atomic E-state index is 8.70. The van der Waals surface area contributed by atoms with Gasteiger partial charge in [0, 0.05) is 12.7 Å². The summed E-state index contributed by atoms with van der Waals surface area (Å²) in [7, 11) is 1.75. The van der Waals surface area contributed by atoms with Gasteiger partial charge in [-0.25, -0.2) is 0 Å². The molecule has 0 fully saturated rings. The van der Waals surface area contributed by atoms with Crippen LogP contribution < -0.4 is 0 Å². The lowest BCUT2D eigenvalue weighted by Gasteiger charge is -1.97. The van der Waals surface area contributed by atoms with Crippen LogP contribution in [0.15, 0.2) is 12.1 Å². The second-order valence-corrected chi connectivity index (χ2v) is 2.04. The van der Waals surface area contributed by atoms with Crippen molar-refractivity contribution < 1.29 is 5.11 Å². The van der Waals surface area contributed by atoms with Crippen molar-refractivity contribution in [2.24, 2.45) is 7.05 Å². The molecule has 1 heterocycles. The van der Waals surface area contributed by atoms with Crippen LogP contribution in [0.3, 0.4) is 0 Å². The van der Waals surface area contributed by atoms with Crippen molar-refractivity contribution in [2.45, 2.75) is 6.61 Å². The molecule has 0 radical (unpaired) electrons. The van der Waals surface area contributed by atoms with E-state index >= 15 is 0 Å². The molecule has 0 aromatic carbocycles. The maximum absolute atomic E-state index is 8.70. The molecule has 0 unspecified atom stereocenters. The topological polar surface area (TPSA) is 49.0 Å². The molecule has 0 atom stereocenters. The number of nitrogens with zero attached hydrogens (tertiary/aromatic N) is 2. The van der Waals surface area contributed by atoms with Crippen molar-refractivity contribution >= 4 is 0 Å². The highest BCUT2D eigenvalue weighted by atomic mass is 16.3. The Balaban J connectivity index is 3.12. The van der Waals surface area contributed by atoms with Gasteiger partial charge in [-0.3, -0.25) is 0 Å². The molecule has 0 amide bonds. The van der Waals surface area contributed by atoms with Crippen LogP contribution in [0.4, 0.5) is 0 Å². The third kappa shape index (κ3) is 0.893. The molecule has 10 heavy (non-hydrogen) atoms. The van der Waals surface area contributed by atoms with Crippen LogP contribution in [0, 0.1) is 11.3 Å². The summed E-state index contributed by atoms with van der Waals surface area (Å²) in [5, 5.41) is 17.2. The van der Waals surface area contributed by atoms with E-state index in [9.17, 15) is 0 Å². The molecule has 0 aliphatic heterocycles. The number of nitriles is 1. The monoisotopic (exact) mass is 136 g/mol. The minimum Gasteiger partial charge on any atom is -0.390 e. The van der Waals surface area contributed by atoms with E-state index in [-0.39, 0.29) is 6.61 Å². The average molecular weight is 136 g/mol. The summed E-state index contributed by atoms with van der Waals surface area (Å²) in [5.41, 5.74) is 1.33. The molecule has 3 nitrogen and oxygen atoms in total. The van der Waals surface area contributed by atoms with Crippen LogP contribution in [0.25, 0.3) is 0 Å². The Hall–Kier alpha value is -1.27. The van der Waals surface area contributed by atoms with Gasteiger partial charge in [0.25, 0.3) is 0 Å². The van der Waals surface area contributed by atoms with E-state index in [0.29, 0.717) is 5.69 Å². The summed E-state index contributed by atoms with van der Waals surface area (Å²) in [6.07, 6.45) is 0. The molecule has 0 aliphatic rings.